The van der Waals surface area contributed by atoms with E-state index in [0.29, 0.717) is 5.56 Å². The van der Waals surface area contributed by atoms with Gasteiger partial charge in [0, 0.05) is 6.42 Å². The van der Waals surface area contributed by atoms with Gasteiger partial charge in [0.25, 0.3) is 0 Å². The van der Waals surface area contributed by atoms with Crippen molar-refractivity contribution in [3.05, 3.63) is 40.4 Å². The summed E-state index contributed by atoms with van der Waals surface area (Å²) in [4.78, 5) is 0. The van der Waals surface area contributed by atoms with Crippen molar-refractivity contribution in [3.8, 4) is 0 Å². The third-order valence-corrected chi connectivity index (χ3v) is 3.65. The zero-order chi connectivity index (χ0) is 19.7. The first kappa shape index (κ1) is 21.8. The molecule has 0 aliphatic heterocycles. The van der Waals surface area contributed by atoms with E-state index >= 15 is 0 Å². The maximum atomic E-state index is 13.5. The summed E-state index contributed by atoms with van der Waals surface area (Å²) in [6.45, 7) is 0. The number of hydrogen-bond donors (Lipinski definition) is 1. The zero-order valence-electron chi connectivity index (χ0n) is 12.0. The lowest BCUT2D eigenvalue weighted by Gasteiger charge is -2.35. The molecule has 0 bridgehead atoms. The number of aliphatic hydroxyl groups excluding tert-OH is 1. The molecule has 0 radical (unpaired) electrons. The summed E-state index contributed by atoms with van der Waals surface area (Å²) >= 11 is 2.68. The Balaban J connectivity index is 3.06. The number of rotatable bonds is 6. The van der Waals surface area contributed by atoms with Gasteiger partial charge in [-0.3, -0.25) is 0 Å². The maximum absolute atomic E-state index is 13.5. The molecule has 142 valence electrons. The smallest absolute Gasteiger partial charge is 0.386 e. The van der Waals surface area contributed by atoms with Gasteiger partial charge in [-0.05, 0) is 16.1 Å². The molecule has 0 heterocycles. The van der Waals surface area contributed by atoms with Gasteiger partial charge in [0.1, 0.15) is 6.10 Å². The zero-order valence-corrected chi connectivity index (χ0v) is 13.6. The van der Waals surface area contributed by atoms with Crippen LogP contribution in [-0.2, 0) is 0 Å². The van der Waals surface area contributed by atoms with Gasteiger partial charge in [0.05, 0.1) is 0 Å². The standard InChI is InChI=1S/C14H10BrF9O/c15-9(6-8-4-2-1-3-5-8)7-10(25)11(16,17)12(18,19)13(20,21)14(22,23)24/h1-6,10,25H,7H2. The van der Waals surface area contributed by atoms with E-state index in [4.69, 9.17) is 0 Å². The predicted molar refractivity (Wildman–Crippen MR) is 74.9 cm³/mol. The van der Waals surface area contributed by atoms with Crippen LogP contribution in [-0.4, -0.2) is 35.2 Å². The molecule has 1 aromatic carbocycles. The molecule has 0 fully saturated rings. The van der Waals surface area contributed by atoms with E-state index in [0.717, 1.165) is 6.08 Å². The van der Waals surface area contributed by atoms with Crippen molar-refractivity contribution in [1.82, 2.24) is 0 Å². The Bertz CT molecular complexity index is 610. The van der Waals surface area contributed by atoms with Crippen molar-refractivity contribution in [2.45, 2.75) is 36.5 Å². The van der Waals surface area contributed by atoms with Gasteiger partial charge in [0.2, 0.25) is 0 Å². The lowest BCUT2D eigenvalue weighted by molar-refractivity contribution is -0.405. The van der Waals surface area contributed by atoms with Crippen LogP contribution in [0.4, 0.5) is 39.5 Å². The molecule has 0 amide bonds. The minimum absolute atomic E-state index is 0.308. The molecule has 1 N–H and O–H groups in total. The van der Waals surface area contributed by atoms with Gasteiger partial charge in [-0.25, -0.2) is 0 Å². The highest BCUT2D eigenvalue weighted by atomic mass is 79.9. The molecule has 1 unspecified atom stereocenters. The van der Waals surface area contributed by atoms with Crippen LogP contribution in [0, 0.1) is 0 Å². The lowest BCUT2D eigenvalue weighted by atomic mass is 9.97. The molecule has 0 saturated heterocycles. The van der Waals surface area contributed by atoms with Crippen LogP contribution < -0.4 is 0 Å². The highest BCUT2D eigenvalue weighted by molar-refractivity contribution is 9.11. The number of alkyl halides is 9. The first-order valence-electron chi connectivity index (χ1n) is 6.44. The molecule has 1 nitrogen and oxygen atoms in total. The van der Waals surface area contributed by atoms with Gasteiger partial charge in [-0.15, -0.1) is 0 Å². The molecular weight excluding hydrogens is 435 g/mol. The van der Waals surface area contributed by atoms with Gasteiger partial charge in [-0.2, -0.15) is 39.5 Å². The Labute approximate surface area is 144 Å². The second kappa shape index (κ2) is 7.18. The Kier molecular flexibility index (Phi) is 6.26. The minimum atomic E-state index is -7.03. The topological polar surface area (TPSA) is 20.2 Å². The van der Waals surface area contributed by atoms with E-state index in [1.807, 2.05) is 0 Å². The van der Waals surface area contributed by atoms with Crippen molar-refractivity contribution < 1.29 is 44.6 Å². The van der Waals surface area contributed by atoms with E-state index in [1.165, 1.54) is 24.3 Å². The molecule has 25 heavy (non-hydrogen) atoms. The average Bonchev–Trinajstić information content (AvgIpc) is 2.46. The van der Waals surface area contributed by atoms with Crippen LogP contribution >= 0.6 is 15.9 Å². The molecule has 1 rings (SSSR count). The maximum Gasteiger partial charge on any atom is 0.460 e. The summed E-state index contributed by atoms with van der Waals surface area (Å²) in [7, 11) is 0. The molecule has 1 aromatic rings. The fourth-order valence-corrected chi connectivity index (χ4v) is 2.27. The van der Waals surface area contributed by atoms with Gasteiger partial charge in [-0.1, -0.05) is 46.3 Å². The Morgan fingerprint density at radius 3 is 1.84 bits per heavy atom. The molecule has 11 heteroatoms. The SMILES string of the molecule is OC(CC(Br)=Cc1ccccc1)C(F)(F)C(F)(F)C(F)(F)C(F)(F)F. The average molecular weight is 445 g/mol. The molecular formula is C14H10BrF9O. The fraction of sp³-hybridized carbons (Fsp3) is 0.429. The van der Waals surface area contributed by atoms with Gasteiger partial charge < -0.3 is 5.11 Å². The summed E-state index contributed by atoms with van der Waals surface area (Å²) in [6.07, 6.45) is -10.6. The summed E-state index contributed by atoms with van der Waals surface area (Å²) in [5, 5.41) is 9.19. The molecule has 0 saturated carbocycles. The number of hydrogen-bond acceptors (Lipinski definition) is 1. The van der Waals surface area contributed by atoms with Gasteiger partial charge in [0.15, 0.2) is 0 Å². The van der Waals surface area contributed by atoms with Gasteiger partial charge >= 0.3 is 23.9 Å². The van der Waals surface area contributed by atoms with Crippen molar-refractivity contribution in [3.63, 3.8) is 0 Å². The second-order valence-electron chi connectivity index (χ2n) is 4.99. The normalized spacial score (nSPS) is 16.0. The molecule has 0 aliphatic rings. The third-order valence-electron chi connectivity index (χ3n) is 3.10. The van der Waals surface area contributed by atoms with Crippen LogP contribution in [0.5, 0.6) is 0 Å². The lowest BCUT2D eigenvalue weighted by Crippen LogP contribution is -2.64. The number of benzene rings is 1. The summed E-state index contributed by atoms with van der Waals surface area (Å²) in [6, 6.07) is 7.62. The first-order valence-corrected chi connectivity index (χ1v) is 7.23. The Morgan fingerprint density at radius 2 is 1.40 bits per heavy atom. The van der Waals surface area contributed by atoms with Crippen molar-refractivity contribution in [2.75, 3.05) is 0 Å². The third kappa shape index (κ3) is 4.30. The number of halogens is 10. The van der Waals surface area contributed by atoms with Crippen LogP contribution in [0.25, 0.3) is 6.08 Å². The van der Waals surface area contributed by atoms with E-state index in [-0.39, 0.29) is 4.48 Å². The minimum Gasteiger partial charge on any atom is -0.386 e. The van der Waals surface area contributed by atoms with E-state index < -0.39 is 36.5 Å². The second-order valence-corrected chi connectivity index (χ2v) is 6.01. The number of aliphatic hydroxyl groups is 1. The summed E-state index contributed by atoms with van der Waals surface area (Å²) < 4.78 is 115. The van der Waals surface area contributed by atoms with Crippen LogP contribution in [0.2, 0.25) is 0 Å². The van der Waals surface area contributed by atoms with Crippen molar-refractivity contribution in [1.29, 1.82) is 0 Å². The highest BCUT2D eigenvalue weighted by Gasteiger charge is 2.82. The summed E-state index contributed by atoms with van der Waals surface area (Å²) in [5.74, 6) is -19.9. The Morgan fingerprint density at radius 1 is 0.920 bits per heavy atom. The predicted octanol–water partition coefficient (Wildman–Crippen LogP) is 5.64. The summed E-state index contributed by atoms with van der Waals surface area (Å²) in [5.41, 5.74) is 0.386. The van der Waals surface area contributed by atoms with Crippen molar-refractivity contribution in [2.24, 2.45) is 0 Å². The monoisotopic (exact) mass is 444 g/mol. The Hall–Kier alpha value is -1.23. The van der Waals surface area contributed by atoms with Crippen LogP contribution in [0.15, 0.2) is 34.8 Å². The van der Waals surface area contributed by atoms with E-state index in [2.05, 4.69) is 15.9 Å². The first-order chi connectivity index (χ1) is 11.1. The highest BCUT2D eigenvalue weighted by Crippen LogP contribution is 2.54. The molecule has 0 aromatic heterocycles. The molecule has 0 aliphatic carbocycles. The quantitative estimate of drug-likeness (QED) is 0.562. The van der Waals surface area contributed by atoms with Crippen LogP contribution in [0.1, 0.15) is 12.0 Å². The van der Waals surface area contributed by atoms with E-state index in [1.54, 1.807) is 6.07 Å². The largest absolute Gasteiger partial charge is 0.460 e. The molecule has 1 atom stereocenters. The van der Waals surface area contributed by atoms with E-state index in [9.17, 15) is 44.6 Å². The molecule has 0 spiro atoms. The van der Waals surface area contributed by atoms with Crippen molar-refractivity contribution >= 4 is 22.0 Å². The van der Waals surface area contributed by atoms with Crippen LogP contribution in [0.3, 0.4) is 0 Å². The fourth-order valence-electron chi connectivity index (χ4n) is 1.70.